The molecule has 2 rings (SSSR count). The van der Waals surface area contributed by atoms with Gasteiger partial charge in [-0.3, -0.25) is 9.59 Å². The predicted molar refractivity (Wildman–Crippen MR) is 71.5 cm³/mol. The minimum atomic E-state index is -0.789. The highest BCUT2D eigenvalue weighted by Gasteiger charge is 2.34. The summed E-state index contributed by atoms with van der Waals surface area (Å²) >= 11 is 0. The van der Waals surface area contributed by atoms with Crippen molar-refractivity contribution in [1.29, 1.82) is 0 Å². The molecule has 1 aliphatic carbocycles. The summed E-state index contributed by atoms with van der Waals surface area (Å²) < 4.78 is 0. The Bertz CT molecular complexity index is 346. The number of piperidine rings is 1. The normalized spacial score (nSPS) is 32.7. The van der Waals surface area contributed by atoms with Crippen LogP contribution in [0.2, 0.25) is 0 Å². The lowest BCUT2D eigenvalue weighted by Gasteiger charge is -2.34. The van der Waals surface area contributed by atoms with Gasteiger partial charge >= 0.3 is 5.97 Å². The SMILES string of the molecule is NC1CCCCCC1C(=O)N1CCC[C@@H](C(=O)O)C1. The molecule has 1 saturated heterocycles. The average Bonchev–Trinajstić information content (AvgIpc) is 2.63. The summed E-state index contributed by atoms with van der Waals surface area (Å²) in [6.45, 7) is 1.04. The molecule has 3 N–H and O–H groups in total. The maximum absolute atomic E-state index is 12.5. The van der Waals surface area contributed by atoms with Gasteiger partial charge in [-0.25, -0.2) is 0 Å². The largest absolute Gasteiger partial charge is 0.481 e. The van der Waals surface area contributed by atoms with E-state index in [0.29, 0.717) is 19.5 Å². The highest BCUT2D eigenvalue weighted by Crippen LogP contribution is 2.26. The molecule has 1 heterocycles. The van der Waals surface area contributed by atoms with Gasteiger partial charge in [-0.05, 0) is 25.7 Å². The smallest absolute Gasteiger partial charge is 0.308 e. The van der Waals surface area contributed by atoms with Crippen LogP contribution in [0, 0.1) is 11.8 Å². The summed E-state index contributed by atoms with van der Waals surface area (Å²) in [7, 11) is 0. The fourth-order valence-corrected chi connectivity index (χ4v) is 3.26. The monoisotopic (exact) mass is 268 g/mol. The average molecular weight is 268 g/mol. The number of nitrogens with two attached hydrogens (primary N) is 1. The molecule has 3 atom stereocenters. The Kier molecular flexibility index (Phi) is 4.80. The third kappa shape index (κ3) is 3.47. The van der Waals surface area contributed by atoms with Crippen molar-refractivity contribution in [2.45, 2.75) is 51.0 Å². The van der Waals surface area contributed by atoms with Crippen LogP contribution < -0.4 is 5.73 Å². The lowest BCUT2D eigenvalue weighted by molar-refractivity contribution is -0.147. The quantitative estimate of drug-likeness (QED) is 0.737. The maximum Gasteiger partial charge on any atom is 0.308 e. The van der Waals surface area contributed by atoms with E-state index in [1.54, 1.807) is 4.90 Å². The summed E-state index contributed by atoms with van der Waals surface area (Å²) in [6, 6.07) is -0.0554. The molecule has 1 saturated carbocycles. The van der Waals surface area contributed by atoms with E-state index in [1.165, 1.54) is 0 Å². The number of nitrogens with zero attached hydrogens (tertiary/aromatic N) is 1. The van der Waals surface area contributed by atoms with E-state index in [4.69, 9.17) is 10.8 Å². The molecule has 5 nitrogen and oxygen atoms in total. The topological polar surface area (TPSA) is 83.6 Å². The molecule has 19 heavy (non-hydrogen) atoms. The first-order chi connectivity index (χ1) is 9.09. The van der Waals surface area contributed by atoms with Crippen LogP contribution >= 0.6 is 0 Å². The van der Waals surface area contributed by atoms with Crippen molar-refractivity contribution in [2.24, 2.45) is 17.6 Å². The number of carbonyl (C=O) groups excluding carboxylic acids is 1. The van der Waals surface area contributed by atoms with Crippen molar-refractivity contribution in [3.8, 4) is 0 Å². The zero-order valence-corrected chi connectivity index (χ0v) is 11.4. The number of amides is 1. The van der Waals surface area contributed by atoms with Crippen molar-refractivity contribution in [1.82, 2.24) is 4.90 Å². The summed E-state index contributed by atoms with van der Waals surface area (Å²) in [6.07, 6.45) is 6.53. The molecule has 0 aromatic carbocycles. The molecule has 0 aromatic heterocycles. The van der Waals surface area contributed by atoms with E-state index in [0.717, 1.165) is 38.5 Å². The van der Waals surface area contributed by atoms with Crippen molar-refractivity contribution < 1.29 is 14.7 Å². The van der Waals surface area contributed by atoms with E-state index in [1.807, 2.05) is 0 Å². The standard InChI is InChI=1S/C14H24N2O3/c15-12-7-3-1-2-6-11(12)13(17)16-8-4-5-10(9-16)14(18)19/h10-12H,1-9,15H2,(H,18,19)/t10-,11?,12?/m1/s1. The molecule has 5 heteroatoms. The van der Waals surface area contributed by atoms with E-state index in [2.05, 4.69) is 0 Å². The zero-order valence-electron chi connectivity index (χ0n) is 11.4. The lowest BCUT2D eigenvalue weighted by Crippen LogP contribution is -2.48. The summed E-state index contributed by atoms with van der Waals surface area (Å²) in [5.74, 6) is -1.21. The first-order valence-corrected chi connectivity index (χ1v) is 7.36. The molecular weight excluding hydrogens is 244 g/mol. The van der Waals surface area contributed by atoms with Crippen LogP contribution in [0.3, 0.4) is 0 Å². The summed E-state index contributed by atoms with van der Waals surface area (Å²) in [5, 5.41) is 9.08. The number of aliphatic carboxylic acids is 1. The third-order valence-corrected chi connectivity index (χ3v) is 4.47. The fourth-order valence-electron chi connectivity index (χ4n) is 3.26. The molecule has 2 unspecified atom stereocenters. The van der Waals surface area contributed by atoms with Crippen LogP contribution in [-0.4, -0.2) is 41.0 Å². The van der Waals surface area contributed by atoms with Gasteiger partial charge in [0.05, 0.1) is 11.8 Å². The van der Waals surface area contributed by atoms with Gasteiger partial charge in [0.25, 0.3) is 0 Å². The molecule has 0 aromatic rings. The first-order valence-electron chi connectivity index (χ1n) is 7.36. The Labute approximate surface area is 114 Å². The fraction of sp³-hybridized carbons (Fsp3) is 0.857. The summed E-state index contributed by atoms with van der Waals surface area (Å²) in [5.41, 5.74) is 6.12. The molecule has 0 radical (unpaired) electrons. The van der Waals surface area contributed by atoms with E-state index in [9.17, 15) is 9.59 Å². The Hall–Kier alpha value is -1.10. The van der Waals surface area contributed by atoms with Gasteiger partial charge in [0, 0.05) is 19.1 Å². The Morgan fingerprint density at radius 2 is 1.79 bits per heavy atom. The molecule has 2 fully saturated rings. The number of likely N-dealkylation sites (tertiary alicyclic amines) is 1. The van der Waals surface area contributed by atoms with Crippen LogP contribution in [0.4, 0.5) is 0 Å². The van der Waals surface area contributed by atoms with Gasteiger partial charge in [-0.15, -0.1) is 0 Å². The molecule has 2 aliphatic rings. The molecule has 1 aliphatic heterocycles. The van der Waals surface area contributed by atoms with Crippen LogP contribution in [0.1, 0.15) is 44.9 Å². The highest BCUT2D eigenvalue weighted by atomic mass is 16.4. The van der Waals surface area contributed by atoms with Gasteiger partial charge in [0.2, 0.25) is 5.91 Å². The van der Waals surface area contributed by atoms with Crippen LogP contribution in [0.5, 0.6) is 0 Å². The van der Waals surface area contributed by atoms with Gasteiger partial charge in [0.15, 0.2) is 0 Å². The van der Waals surface area contributed by atoms with Crippen LogP contribution in [-0.2, 0) is 9.59 Å². The second kappa shape index (κ2) is 6.37. The van der Waals surface area contributed by atoms with E-state index >= 15 is 0 Å². The highest BCUT2D eigenvalue weighted by molar-refractivity contribution is 5.80. The van der Waals surface area contributed by atoms with Crippen molar-refractivity contribution in [3.63, 3.8) is 0 Å². The van der Waals surface area contributed by atoms with Gasteiger partial charge < -0.3 is 15.7 Å². The minimum absolute atomic E-state index is 0.0554. The van der Waals surface area contributed by atoms with Crippen molar-refractivity contribution in [3.05, 3.63) is 0 Å². The van der Waals surface area contributed by atoms with E-state index < -0.39 is 11.9 Å². The van der Waals surface area contributed by atoms with E-state index in [-0.39, 0.29) is 17.9 Å². The molecule has 1 amide bonds. The minimum Gasteiger partial charge on any atom is -0.481 e. The second-order valence-electron chi connectivity index (χ2n) is 5.87. The van der Waals surface area contributed by atoms with Gasteiger partial charge in [-0.1, -0.05) is 19.3 Å². The lowest BCUT2D eigenvalue weighted by atomic mass is 9.91. The third-order valence-electron chi connectivity index (χ3n) is 4.47. The Morgan fingerprint density at radius 1 is 1.05 bits per heavy atom. The first kappa shape index (κ1) is 14.3. The molecule has 108 valence electrons. The predicted octanol–water partition coefficient (Wildman–Crippen LogP) is 1.22. The number of carbonyl (C=O) groups is 2. The second-order valence-corrected chi connectivity index (χ2v) is 5.87. The van der Waals surface area contributed by atoms with Crippen molar-refractivity contribution in [2.75, 3.05) is 13.1 Å². The number of carboxylic acid groups (broad SMARTS) is 1. The molecule has 0 bridgehead atoms. The van der Waals surface area contributed by atoms with Crippen LogP contribution in [0.15, 0.2) is 0 Å². The number of hydrogen-bond donors (Lipinski definition) is 2. The zero-order chi connectivity index (χ0) is 13.8. The van der Waals surface area contributed by atoms with Crippen LogP contribution in [0.25, 0.3) is 0 Å². The Morgan fingerprint density at radius 3 is 2.53 bits per heavy atom. The molecular formula is C14H24N2O3. The molecule has 0 spiro atoms. The number of hydrogen-bond acceptors (Lipinski definition) is 3. The number of carboxylic acids is 1. The summed E-state index contributed by atoms with van der Waals surface area (Å²) in [4.78, 5) is 25.3. The Balaban J connectivity index is 1.99. The van der Waals surface area contributed by atoms with Gasteiger partial charge in [-0.2, -0.15) is 0 Å². The van der Waals surface area contributed by atoms with Gasteiger partial charge in [0.1, 0.15) is 0 Å². The van der Waals surface area contributed by atoms with Crippen molar-refractivity contribution >= 4 is 11.9 Å². The number of rotatable bonds is 2. The maximum atomic E-state index is 12.5.